The van der Waals surface area contributed by atoms with Gasteiger partial charge in [0.25, 0.3) is 11.6 Å². The molecule has 2 rings (SSSR count). The summed E-state index contributed by atoms with van der Waals surface area (Å²) >= 11 is 17.4. The first-order valence-corrected chi connectivity index (χ1v) is 6.72. The molecule has 1 amide bonds. The SMILES string of the molecule is O=C(Nc1ccc(Cl)c([N+](=O)[O-])c1)c1cc(Cl)ccc1Cl. The predicted octanol–water partition coefficient (Wildman–Crippen LogP) is 4.81. The molecule has 0 unspecified atom stereocenters. The van der Waals surface area contributed by atoms with Crippen LogP contribution in [0.2, 0.25) is 15.1 Å². The fraction of sp³-hybridized carbons (Fsp3) is 0. The van der Waals surface area contributed by atoms with E-state index in [1.807, 2.05) is 0 Å². The maximum absolute atomic E-state index is 12.1. The average Bonchev–Trinajstić information content (AvgIpc) is 2.43. The standard InChI is InChI=1S/C13H7Cl3N2O3/c14-7-1-3-10(15)9(5-7)13(19)17-8-2-4-11(16)12(6-8)18(20)21/h1-6H,(H,17,19). The van der Waals surface area contributed by atoms with Crippen molar-refractivity contribution in [2.24, 2.45) is 0 Å². The normalized spacial score (nSPS) is 10.2. The Bertz CT molecular complexity index is 735. The van der Waals surface area contributed by atoms with Gasteiger partial charge in [-0.25, -0.2) is 0 Å². The molecule has 1 N–H and O–H groups in total. The van der Waals surface area contributed by atoms with Gasteiger partial charge in [0.15, 0.2) is 0 Å². The summed E-state index contributed by atoms with van der Waals surface area (Å²) in [6.07, 6.45) is 0. The van der Waals surface area contributed by atoms with Crippen LogP contribution in [-0.4, -0.2) is 10.8 Å². The Morgan fingerprint density at radius 2 is 1.71 bits per heavy atom. The molecule has 0 heterocycles. The molecule has 0 atom stereocenters. The molecular weight excluding hydrogens is 339 g/mol. The maximum atomic E-state index is 12.1. The number of halogens is 3. The van der Waals surface area contributed by atoms with E-state index in [1.165, 1.54) is 30.3 Å². The van der Waals surface area contributed by atoms with Gasteiger partial charge in [-0.2, -0.15) is 0 Å². The van der Waals surface area contributed by atoms with Crippen molar-refractivity contribution >= 4 is 52.1 Å². The van der Waals surface area contributed by atoms with E-state index in [0.29, 0.717) is 5.02 Å². The van der Waals surface area contributed by atoms with E-state index < -0.39 is 10.8 Å². The number of hydrogen-bond acceptors (Lipinski definition) is 3. The van der Waals surface area contributed by atoms with E-state index in [2.05, 4.69) is 5.32 Å². The zero-order valence-corrected chi connectivity index (χ0v) is 12.5. The zero-order valence-electron chi connectivity index (χ0n) is 10.3. The fourth-order valence-electron chi connectivity index (χ4n) is 1.60. The number of hydrogen-bond donors (Lipinski definition) is 1. The van der Waals surface area contributed by atoms with Crippen molar-refractivity contribution in [3.63, 3.8) is 0 Å². The van der Waals surface area contributed by atoms with Crippen LogP contribution in [-0.2, 0) is 0 Å². The molecule has 0 aliphatic carbocycles. The molecule has 0 aliphatic heterocycles. The van der Waals surface area contributed by atoms with E-state index in [1.54, 1.807) is 6.07 Å². The molecule has 0 saturated carbocycles. The lowest BCUT2D eigenvalue weighted by molar-refractivity contribution is -0.384. The average molecular weight is 346 g/mol. The van der Waals surface area contributed by atoms with Crippen LogP contribution in [0.1, 0.15) is 10.4 Å². The van der Waals surface area contributed by atoms with E-state index in [4.69, 9.17) is 34.8 Å². The highest BCUT2D eigenvalue weighted by atomic mass is 35.5. The topological polar surface area (TPSA) is 72.2 Å². The largest absolute Gasteiger partial charge is 0.322 e. The maximum Gasteiger partial charge on any atom is 0.289 e. The van der Waals surface area contributed by atoms with Crippen LogP contribution >= 0.6 is 34.8 Å². The highest BCUT2D eigenvalue weighted by molar-refractivity contribution is 6.36. The molecule has 108 valence electrons. The second-order valence-corrected chi connectivity index (χ2v) is 5.25. The molecule has 0 fully saturated rings. The van der Waals surface area contributed by atoms with E-state index >= 15 is 0 Å². The number of rotatable bonds is 3. The first-order chi connectivity index (χ1) is 9.88. The molecule has 0 saturated heterocycles. The number of carbonyl (C=O) groups is 1. The predicted molar refractivity (Wildman–Crippen MR) is 82.5 cm³/mol. The van der Waals surface area contributed by atoms with Crippen LogP contribution in [0, 0.1) is 10.1 Å². The number of nitro groups is 1. The number of amides is 1. The summed E-state index contributed by atoms with van der Waals surface area (Å²) < 4.78 is 0. The van der Waals surface area contributed by atoms with Gasteiger partial charge in [-0.05, 0) is 30.3 Å². The van der Waals surface area contributed by atoms with Crippen molar-refractivity contribution in [2.75, 3.05) is 5.32 Å². The van der Waals surface area contributed by atoms with E-state index in [9.17, 15) is 14.9 Å². The van der Waals surface area contributed by atoms with Crippen molar-refractivity contribution in [1.82, 2.24) is 0 Å². The number of carbonyl (C=O) groups excluding carboxylic acids is 1. The molecule has 5 nitrogen and oxygen atoms in total. The summed E-state index contributed by atoms with van der Waals surface area (Å²) in [6.45, 7) is 0. The summed E-state index contributed by atoms with van der Waals surface area (Å²) in [5.74, 6) is -0.529. The van der Waals surface area contributed by atoms with Gasteiger partial charge < -0.3 is 5.32 Å². The minimum atomic E-state index is -0.635. The van der Waals surface area contributed by atoms with Crippen molar-refractivity contribution < 1.29 is 9.72 Å². The van der Waals surface area contributed by atoms with Gasteiger partial charge in [0, 0.05) is 16.8 Å². The van der Waals surface area contributed by atoms with E-state index in [-0.39, 0.29) is 27.0 Å². The number of nitrogens with zero attached hydrogens (tertiary/aromatic N) is 1. The second kappa shape index (κ2) is 6.30. The molecule has 8 heteroatoms. The Balaban J connectivity index is 2.29. The minimum Gasteiger partial charge on any atom is -0.322 e. The number of nitrogens with one attached hydrogen (secondary N) is 1. The Kier molecular flexibility index (Phi) is 4.67. The quantitative estimate of drug-likeness (QED) is 0.641. The van der Waals surface area contributed by atoms with Crippen molar-refractivity contribution in [3.05, 3.63) is 67.1 Å². The van der Waals surface area contributed by atoms with E-state index in [0.717, 1.165) is 0 Å². The van der Waals surface area contributed by atoms with Crippen LogP contribution in [0.5, 0.6) is 0 Å². The van der Waals surface area contributed by atoms with Crippen molar-refractivity contribution in [2.45, 2.75) is 0 Å². The first-order valence-electron chi connectivity index (χ1n) is 5.59. The van der Waals surface area contributed by atoms with Gasteiger partial charge in [-0.3, -0.25) is 14.9 Å². The summed E-state index contributed by atoms with van der Waals surface area (Å²) in [6, 6.07) is 8.39. The van der Waals surface area contributed by atoms with Gasteiger partial charge >= 0.3 is 0 Å². The molecule has 0 spiro atoms. The fourth-order valence-corrected chi connectivity index (χ4v) is 2.16. The summed E-state index contributed by atoms with van der Waals surface area (Å²) in [7, 11) is 0. The minimum absolute atomic E-state index is 0.0150. The third-order valence-electron chi connectivity index (χ3n) is 2.57. The van der Waals surface area contributed by atoms with Gasteiger partial charge in [-0.15, -0.1) is 0 Å². The monoisotopic (exact) mass is 344 g/mol. The smallest absolute Gasteiger partial charge is 0.289 e. The Hall–Kier alpha value is -1.82. The molecule has 0 radical (unpaired) electrons. The molecular formula is C13H7Cl3N2O3. The summed E-state index contributed by atoms with van der Waals surface area (Å²) in [4.78, 5) is 22.3. The Morgan fingerprint density at radius 1 is 1.05 bits per heavy atom. The highest BCUT2D eigenvalue weighted by Crippen LogP contribution is 2.28. The molecule has 0 bridgehead atoms. The first kappa shape index (κ1) is 15.6. The summed E-state index contributed by atoms with van der Waals surface area (Å²) in [5, 5.41) is 13.9. The molecule has 21 heavy (non-hydrogen) atoms. The van der Waals surface area contributed by atoms with Crippen molar-refractivity contribution in [3.8, 4) is 0 Å². The molecule has 0 aromatic heterocycles. The molecule has 2 aromatic rings. The molecule has 0 aliphatic rings. The van der Waals surface area contributed by atoms with Crippen LogP contribution in [0.4, 0.5) is 11.4 Å². The van der Waals surface area contributed by atoms with Crippen molar-refractivity contribution in [1.29, 1.82) is 0 Å². The third kappa shape index (κ3) is 3.64. The molecule has 2 aromatic carbocycles. The Morgan fingerprint density at radius 3 is 2.38 bits per heavy atom. The number of anilines is 1. The highest BCUT2D eigenvalue weighted by Gasteiger charge is 2.16. The lowest BCUT2D eigenvalue weighted by atomic mass is 10.2. The summed E-state index contributed by atoms with van der Waals surface area (Å²) in [5.41, 5.74) is 0.0977. The van der Waals surface area contributed by atoms with Crippen LogP contribution in [0.3, 0.4) is 0 Å². The number of benzene rings is 2. The lowest BCUT2D eigenvalue weighted by Gasteiger charge is -2.07. The van der Waals surface area contributed by atoms with Crippen LogP contribution < -0.4 is 5.32 Å². The second-order valence-electron chi connectivity index (χ2n) is 4.00. The van der Waals surface area contributed by atoms with Crippen LogP contribution in [0.15, 0.2) is 36.4 Å². The Labute approximate surface area is 134 Å². The number of nitro benzene ring substituents is 1. The van der Waals surface area contributed by atoms with Gasteiger partial charge in [0.05, 0.1) is 15.5 Å². The van der Waals surface area contributed by atoms with Gasteiger partial charge in [0.2, 0.25) is 0 Å². The lowest BCUT2D eigenvalue weighted by Crippen LogP contribution is -2.12. The van der Waals surface area contributed by atoms with Gasteiger partial charge in [0.1, 0.15) is 5.02 Å². The van der Waals surface area contributed by atoms with Crippen LogP contribution in [0.25, 0.3) is 0 Å². The van der Waals surface area contributed by atoms with Gasteiger partial charge in [-0.1, -0.05) is 34.8 Å². The third-order valence-corrected chi connectivity index (χ3v) is 3.46. The zero-order chi connectivity index (χ0) is 15.6.